The molecule has 5 heteroatoms. The smallest absolute Gasteiger partial charge is 0.138 e. The van der Waals surface area contributed by atoms with Crippen LogP contribution < -0.4 is 5.32 Å². The number of aryl methyl sites for hydroxylation is 1. The average Bonchev–Trinajstić information content (AvgIpc) is 3.08. The van der Waals surface area contributed by atoms with Gasteiger partial charge < -0.3 is 5.32 Å². The van der Waals surface area contributed by atoms with E-state index in [1.54, 1.807) is 28.7 Å². The summed E-state index contributed by atoms with van der Waals surface area (Å²) in [5.74, 6) is 0. The van der Waals surface area contributed by atoms with E-state index >= 15 is 0 Å². The SMILES string of the molecule is Cc1ccsc1CNc1ccccc1-n1cncn1. The molecular formula is C14H14N4S. The lowest BCUT2D eigenvalue weighted by molar-refractivity contribution is 0.878. The fraction of sp³-hybridized carbons (Fsp3) is 0.143. The van der Waals surface area contributed by atoms with Crippen LogP contribution in [0.5, 0.6) is 0 Å². The van der Waals surface area contributed by atoms with Gasteiger partial charge in [-0.15, -0.1) is 11.3 Å². The molecule has 96 valence electrons. The largest absolute Gasteiger partial charge is 0.378 e. The first-order valence-electron chi connectivity index (χ1n) is 6.05. The minimum atomic E-state index is 0.829. The van der Waals surface area contributed by atoms with Crippen LogP contribution in [-0.2, 0) is 6.54 Å². The van der Waals surface area contributed by atoms with Gasteiger partial charge in [-0.3, -0.25) is 0 Å². The minimum Gasteiger partial charge on any atom is -0.378 e. The Balaban J connectivity index is 1.84. The van der Waals surface area contributed by atoms with Gasteiger partial charge in [0, 0.05) is 11.4 Å². The summed E-state index contributed by atoms with van der Waals surface area (Å²) < 4.78 is 1.77. The Hall–Kier alpha value is -2.14. The predicted octanol–water partition coefficient (Wildman–Crippen LogP) is 3.25. The number of anilines is 1. The van der Waals surface area contributed by atoms with Gasteiger partial charge in [0.25, 0.3) is 0 Å². The zero-order valence-corrected chi connectivity index (χ0v) is 11.4. The van der Waals surface area contributed by atoms with Crippen LogP contribution in [0, 0.1) is 6.92 Å². The molecule has 4 nitrogen and oxygen atoms in total. The summed E-state index contributed by atoms with van der Waals surface area (Å²) in [6.45, 7) is 2.96. The summed E-state index contributed by atoms with van der Waals surface area (Å²) in [5.41, 5.74) is 3.39. The fourth-order valence-corrected chi connectivity index (χ4v) is 2.76. The molecule has 0 fully saturated rings. The highest BCUT2D eigenvalue weighted by Gasteiger charge is 2.05. The molecule has 0 bridgehead atoms. The van der Waals surface area contributed by atoms with Crippen LogP contribution in [0.15, 0.2) is 48.4 Å². The van der Waals surface area contributed by atoms with Gasteiger partial charge in [0.2, 0.25) is 0 Å². The molecule has 0 spiro atoms. The lowest BCUT2D eigenvalue weighted by Crippen LogP contribution is -2.04. The Morgan fingerprint density at radius 3 is 2.89 bits per heavy atom. The van der Waals surface area contributed by atoms with Crippen LogP contribution in [0.4, 0.5) is 5.69 Å². The zero-order chi connectivity index (χ0) is 13.1. The summed E-state index contributed by atoms with van der Waals surface area (Å²) >= 11 is 1.77. The summed E-state index contributed by atoms with van der Waals surface area (Å²) in [6, 6.07) is 10.2. The highest BCUT2D eigenvalue weighted by Crippen LogP contribution is 2.22. The third-order valence-corrected chi connectivity index (χ3v) is 4.00. The van der Waals surface area contributed by atoms with Crippen molar-refractivity contribution in [2.75, 3.05) is 5.32 Å². The second-order valence-corrected chi connectivity index (χ2v) is 5.24. The van der Waals surface area contributed by atoms with Gasteiger partial charge in [-0.2, -0.15) is 5.10 Å². The summed E-state index contributed by atoms with van der Waals surface area (Å²) in [7, 11) is 0. The summed E-state index contributed by atoms with van der Waals surface area (Å²) in [6.07, 6.45) is 3.25. The van der Waals surface area contributed by atoms with E-state index in [1.807, 2.05) is 18.2 Å². The molecule has 19 heavy (non-hydrogen) atoms. The lowest BCUT2D eigenvalue weighted by atomic mass is 10.2. The minimum absolute atomic E-state index is 0.829. The molecule has 0 aliphatic carbocycles. The Labute approximate surface area is 115 Å². The molecule has 0 radical (unpaired) electrons. The van der Waals surface area contributed by atoms with E-state index in [9.17, 15) is 0 Å². The van der Waals surface area contributed by atoms with E-state index in [2.05, 4.69) is 39.8 Å². The van der Waals surface area contributed by atoms with Gasteiger partial charge >= 0.3 is 0 Å². The maximum absolute atomic E-state index is 4.18. The van der Waals surface area contributed by atoms with Crippen molar-refractivity contribution in [3.05, 3.63) is 58.8 Å². The molecule has 2 aromatic heterocycles. The van der Waals surface area contributed by atoms with Gasteiger partial charge in [0.1, 0.15) is 12.7 Å². The number of nitrogens with one attached hydrogen (secondary N) is 1. The summed E-state index contributed by atoms with van der Waals surface area (Å²) in [5, 5.41) is 9.77. The van der Waals surface area contributed by atoms with E-state index in [0.717, 1.165) is 17.9 Å². The van der Waals surface area contributed by atoms with Crippen molar-refractivity contribution in [3.63, 3.8) is 0 Å². The van der Waals surface area contributed by atoms with Crippen LogP contribution in [0.25, 0.3) is 5.69 Å². The maximum Gasteiger partial charge on any atom is 0.138 e. The average molecular weight is 270 g/mol. The molecule has 1 N–H and O–H groups in total. The zero-order valence-electron chi connectivity index (χ0n) is 10.6. The molecule has 2 heterocycles. The highest BCUT2D eigenvalue weighted by atomic mass is 32.1. The number of para-hydroxylation sites is 2. The number of hydrogen-bond donors (Lipinski definition) is 1. The first-order valence-corrected chi connectivity index (χ1v) is 6.93. The molecule has 0 aliphatic rings. The van der Waals surface area contributed by atoms with Crippen LogP contribution in [-0.4, -0.2) is 14.8 Å². The maximum atomic E-state index is 4.18. The normalized spacial score (nSPS) is 10.6. The molecule has 0 unspecified atom stereocenters. The van der Waals surface area contributed by atoms with E-state index in [4.69, 9.17) is 0 Å². The Bertz CT molecular complexity index is 658. The van der Waals surface area contributed by atoms with Gasteiger partial charge in [-0.25, -0.2) is 9.67 Å². The second-order valence-electron chi connectivity index (χ2n) is 4.24. The first-order chi connectivity index (χ1) is 9.34. The van der Waals surface area contributed by atoms with Crippen molar-refractivity contribution in [2.45, 2.75) is 13.5 Å². The van der Waals surface area contributed by atoms with Crippen LogP contribution in [0.3, 0.4) is 0 Å². The number of hydrogen-bond acceptors (Lipinski definition) is 4. The Kier molecular flexibility index (Phi) is 3.29. The topological polar surface area (TPSA) is 42.7 Å². The third kappa shape index (κ3) is 2.51. The number of nitrogens with zero attached hydrogens (tertiary/aromatic N) is 3. The number of benzene rings is 1. The number of rotatable bonds is 4. The molecule has 0 amide bonds. The van der Waals surface area contributed by atoms with E-state index in [0.29, 0.717) is 0 Å². The van der Waals surface area contributed by atoms with Crippen molar-refractivity contribution in [2.24, 2.45) is 0 Å². The van der Waals surface area contributed by atoms with Gasteiger partial charge in [-0.1, -0.05) is 12.1 Å². The lowest BCUT2D eigenvalue weighted by Gasteiger charge is -2.11. The van der Waals surface area contributed by atoms with E-state index in [-0.39, 0.29) is 0 Å². The quantitative estimate of drug-likeness (QED) is 0.791. The molecule has 0 atom stereocenters. The monoisotopic (exact) mass is 270 g/mol. The van der Waals surface area contributed by atoms with Crippen molar-refractivity contribution >= 4 is 17.0 Å². The third-order valence-electron chi connectivity index (χ3n) is 2.98. The number of aromatic nitrogens is 3. The van der Waals surface area contributed by atoms with Crippen molar-refractivity contribution in [3.8, 4) is 5.69 Å². The summed E-state index contributed by atoms with van der Waals surface area (Å²) in [4.78, 5) is 5.34. The fourth-order valence-electron chi connectivity index (χ4n) is 1.92. The van der Waals surface area contributed by atoms with Crippen LogP contribution in [0.2, 0.25) is 0 Å². The van der Waals surface area contributed by atoms with Crippen molar-refractivity contribution in [1.29, 1.82) is 0 Å². The van der Waals surface area contributed by atoms with Gasteiger partial charge in [-0.05, 0) is 36.1 Å². The second kappa shape index (κ2) is 5.24. The first kappa shape index (κ1) is 11.9. The molecular weight excluding hydrogens is 256 g/mol. The standard InChI is InChI=1S/C14H14N4S/c1-11-6-7-19-14(11)8-16-12-4-2-3-5-13(12)18-10-15-9-17-18/h2-7,9-10,16H,8H2,1H3. The van der Waals surface area contributed by atoms with Crippen LogP contribution in [0.1, 0.15) is 10.4 Å². The van der Waals surface area contributed by atoms with Crippen molar-refractivity contribution in [1.82, 2.24) is 14.8 Å². The molecule has 0 aliphatic heterocycles. The van der Waals surface area contributed by atoms with E-state index < -0.39 is 0 Å². The molecule has 1 aromatic carbocycles. The molecule has 3 rings (SSSR count). The number of thiophene rings is 1. The van der Waals surface area contributed by atoms with E-state index in [1.165, 1.54) is 10.4 Å². The highest BCUT2D eigenvalue weighted by molar-refractivity contribution is 7.10. The van der Waals surface area contributed by atoms with Crippen LogP contribution >= 0.6 is 11.3 Å². The van der Waals surface area contributed by atoms with Gasteiger partial charge in [0.05, 0.1) is 11.4 Å². The van der Waals surface area contributed by atoms with Gasteiger partial charge in [0.15, 0.2) is 0 Å². The Morgan fingerprint density at radius 1 is 1.26 bits per heavy atom. The Morgan fingerprint density at radius 2 is 2.16 bits per heavy atom. The predicted molar refractivity (Wildman–Crippen MR) is 77.7 cm³/mol. The molecule has 0 saturated heterocycles. The molecule has 3 aromatic rings. The molecule has 0 saturated carbocycles. The van der Waals surface area contributed by atoms with Crippen molar-refractivity contribution < 1.29 is 0 Å².